The Kier molecular flexibility index (Phi) is 3.82. The van der Waals surface area contributed by atoms with E-state index < -0.39 is 0 Å². The Morgan fingerprint density at radius 2 is 2.36 bits per heavy atom. The number of nitrogens with zero attached hydrogens (tertiary/aromatic N) is 3. The Bertz CT molecular complexity index is 599. The van der Waals surface area contributed by atoms with Crippen LogP contribution >= 0.6 is 11.3 Å². The largest absolute Gasteiger partial charge is 0.473 e. The lowest BCUT2D eigenvalue weighted by Gasteiger charge is -2.53. The quantitative estimate of drug-likeness (QED) is 0.866. The molecule has 4 rings (SSSR count). The van der Waals surface area contributed by atoms with Gasteiger partial charge in [-0.3, -0.25) is 9.88 Å². The van der Waals surface area contributed by atoms with Gasteiger partial charge in [0.05, 0.1) is 18.4 Å². The Labute approximate surface area is 133 Å². The molecule has 0 radical (unpaired) electrons. The van der Waals surface area contributed by atoms with Gasteiger partial charge in [-0.15, -0.1) is 11.3 Å². The Morgan fingerprint density at radius 1 is 1.41 bits per heavy atom. The van der Waals surface area contributed by atoms with Crippen molar-refractivity contribution in [3.05, 3.63) is 41.0 Å². The second kappa shape index (κ2) is 5.95. The minimum Gasteiger partial charge on any atom is -0.473 e. The summed E-state index contributed by atoms with van der Waals surface area (Å²) in [5.74, 6) is 0.610. The number of likely N-dealkylation sites (tertiary alicyclic amines) is 1. The van der Waals surface area contributed by atoms with E-state index in [1.54, 1.807) is 18.6 Å². The maximum absolute atomic E-state index is 6.06. The van der Waals surface area contributed by atoms with Crippen LogP contribution in [0.3, 0.4) is 0 Å². The minimum atomic E-state index is -0.0254. The van der Waals surface area contributed by atoms with E-state index >= 15 is 0 Å². The maximum atomic E-state index is 6.06. The van der Waals surface area contributed by atoms with Crippen LogP contribution in [0.25, 0.3) is 0 Å². The molecule has 0 N–H and O–H groups in total. The molecule has 116 valence electrons. The third-order valence-corrected chi connectivity index (χ3v) is 5.12. The molecule has 4 heterocycles. The van der Waals surface area contributed by atoms with E-state index in [9.17, 15) is 0 Å². The molecule has 0 saturated carbocycles. The van der Waals surface area contributed by atoms with Gasteiger partial charge in [-0.1, -0.05) is 6.07 Å². The van der Waals surface area contributed by atoms with Crippen molar-refractivity contribution in [2.45, 2.75) is 31.1 Å². The number of rotatable bonds is 4. The minimum absolute atomic E-state index is 0.0254. The summed E-state index contributed by atoms with van der Waals surface area (Å²) in [6, 6.07) is 4.30. The van der Waals surface area contributed by atoms with Crippen LogP contribution in [0.15, 0.2) is 36.1 Å². The van der Waals surface area contributed by atoms with Gasteiger partial charge in [0.1, 0.15) is 6.10 Å². The van der Waals surface area contributed by atoms with Gasteiger partial charge in [0.25, 0.3) is 0 Å². The van der Waals surface area contributed by atoms with Gasteiger partial charge in [-0.25, -0.2) is 4.98 Å². The summed E-state index contributed by atoms with van der Waals surface area (Å²) < 4.78 is 12.0. The molecule has 0 aliphatic carbocycles. The van der Waals surface area contributed by atoms with Crippen LogP contribution in [-0.4, -0.2) is 46.3 Å². The van der Waals surface area contributed by atoms with Gasteiger partial charge in [0, 0.05) is 49.7 Å². The molecule has 5 nitrogen and oxygen atoms in total. The Morgan fingerprint density at radius 3 is 3.14 bits per heavy atom. The Hall–Kier alpha value is -1.50. The van der Waals surface area contributed by atoms with E-state index in [1.807, 2.05) is 11.3 Å². The first kappa shape index (κ1) is 14.1. The fourth-order valence-electron chi connectivity index (χ4n) is 3.32. The van der Waals surface area contributed by atoms with Crippen LogP contribution in [0.1, 0.15) is 17.7 Å². The van der Waals surface area contributed by atoms with Crippen molar-refractivity contribution < 1.29 is 9.47 Å². The first-order valence-electron chi connectivity index (χ1n) is 7.63. The highest BCUT2D eigenvalue weighted by molar-refractivity contribution is 7.09. The zero-order valence-corrected chi connectivity index (χ0v) is 13.2. The molecule has 2 aliphatic rings. The van der Waals surface area contributed by atoms with E-state index in [4.69, 9.17) is 9.47 Å². The lowest BCUT2D eigenvalue weighted by atomic mass is 9.84. The van der Waals surface area contributed by atoms with Gasteiger partial charge in [-0.2, -0.15) is 0 Å². The van der Waals surface area contributed by atoms with E-state index in [1.165, 1.54) is 4.88 Å². The summed E-state index contributed by atoms with van der Waals surface area (Å²) in [7, 11) is 0. The first-order chi connectivity index (χ1) is 10.8. The number of hydrogen-bond acceptors (Lipinski definition) is 6. The second-order valence-corrected chi connectivity index (χ2v) is 7.06. The number of thiophene rings is 1. The summed E-state index contributed by atoms with van der Waals surface area (Å²) in [6.07, 6.45) is 7.03. The normalized spacial score (nSPS) is 24.1. The zero-order chi connectivity index (χ0) is 14.8. The van der Waals surface area contributed by atoms with Crippen molar-refractivity contribution in [3.8, 4) is 5.88 Å². The standard InChI is InChI=1S/C16H19N3O2S/c1-2-14(22-7-1)10-19-11-16(12-19)8-13(3-6-20-16)21-15-9-17-4-5-18-15/h1-2,4-5,7,9,13H,3,6,8,10-12H2. The average molecular weight is 317 g/mol. The topological polar surface area (TPSA) is 47.5 Å². The highest BCUT2D eigenvalue weighted by Crippen LogP contribution is 2.36. The van der Waals surface area contributed by atoms with Crippen molar-refractivity contribution in [1.29, 1.82) is 0 Å². The van der Waals surface area contributed by atoms with Gasteiger partial charge < -0.3 is 9.47 Å². The molecule has 2 saturated heterocycles. The molecular weight excluding hydrogens is 298 g/mol. The predicted molar refractivity (Wildman–Crippen MR) is 84.0 cm³/mol. The number of ether oxygens (including phenoxy) is 2. The van der Waals surface area contributed by atoms with Gasteiger partial charge in [-0.05, 0) is 11.4 Å². The summed E-state index contributed by atoms with van der Waals surface area (Å²) in [5.41, 5.74) is -0.0254. The first-order valence-corrected chi connectivity index (χ1v) is 8.51. The molecule has 6 heteroatoms. The summed E-state index contributed by atoms with van der Waals surface area (Å²) in [6.45, 7) is 3.77. The molecule has 0 amide bonds. The molecular formula is C16H19N3O2S. The molecule has 22 heavy (non-hydrogen) atoms. The molecule has 1 unspecified atom stereocenters. The van der Waals surface area contributed by atoms with Crippen LogP contribution in [0, 0.1) is 0 Å². The highest BCUT2D eigenvalue weighted by atomic mass is 32.1. The molecule has 2 fully saturated rings. The van der Waals surface area contributed by atoms with Crippen LogP contribution in [-0.2, 0) is 11.3 Å². The van der Waals surface area contributed by atoms with Crippen molar-refractivity contribution in [2.24, 2.45) is 0 Å². The van der Waals surface area contributed by atoms with Crippen LogP contribution in [0.5, 0.6) is 5.88 Å². The maximum Gasteiger partial charge on any atom is 0.232 e. The predicted octanol–water partition coefficient (Wildman–Crippen LogP) is 2.35. The van der Waals surface area contributed by atoms with Crippen molar-refractivity contribution >= 4 is 11.3 Å². The van der Waals surface area contributed by atoms with E-state index in [2.05, 4.69) is 32.4 Å². The summed E-state index contributed by atoms with van der Waals surface area (Å²) >= 11 is 1.82. The zero-order valence-electron chi connectivity index (χ0n) is 12.4. The molecule has 1 atom stereocenters. The van der Waals surface area contributed by atoms with Gasteiger partial charge >= 0.3 is 0 Å². The fourth-order valence-corrected chi connectivity index (χ4v) is 4.07. The lowest BCUT2D eigenvalue weighted by molar-refractivity contribution is -0.188. The molecule has 1 spiro atoms. The average Bonchev–Trinajstić information content (AvgIpc) is 3.00. The van der Waals surface area contributed by atoms with Crippen molar-refractivity contribution in [3.63, 3.8) is 0 Å². The van der Waals surface area contributed by atoms with Gasteiger partial charge in [0.15, 0.2) is 0 Å². The van der Waals surface area contributed by atoms with E-state index in [0.29, 0.717) is 5.88 Å². The van der Waals surface area contributed by atoms with Crippen molar-refractivity contribution in [1.82, 2.24) is 14.9 Å². The van der Waals surface area contributed by atoms with Crippen LogP contribution < -0.4 is 4.74 Å². The third kappa shape index (κ3) is 2.99. The summed E-state index contributed by atoms with van der Waals surface area (Å²) in [4.78, 5) is 12.1. The highest BCUT2D eigenvalue weighted by Gasteiger charge is 2.48. The van der Waals surface area contributed by atoms with Crippen LogP contribution in [0.4, 0.5) is 0 Å². The number of aromatic nitrogens is 2. The fraction of sp³-hybridized carbons (Fsp3) is 0.500. The molecule has 0 bridgehead atoms. The third-order valence-electron chi connectivity index (χ3n) is 4.26. The number of hydrogen-bond donors (Lipinski definition) is 0. The van der Waals surface area contributed by atoms with Gasteiger partial charge in [0.2, 0.25) is 5.88 Å². The molecule has 0 aromatic carbocycles. The Balaban J connectivity index is 1.32. The monoisotopic (exact) mass is 317 g/mol. The molecule has 2 aromatic rings. The SMILES string of the molecule is c1csc(CN2CC3(CC(Oc4cnccn4)CCO3)C2)c1. The van der Waals surface area contributed by atoms with Crippen LogP contribution in [0.2, 0.25) is 0 Å². The van der Waals surface area contributed by atoms with E-state index in [0.717, 1.165) is 39.1 Å². The smallest absolute Gasteiger partial charge is 0.232 e. The lowest BCUT2D eigenvalue weighted by Crippen LogP contribution is -2.65. The molecule has 2 aliphatic heterocycles. The second-order valence-electron chi connectivity index (χ2n) is 6.03. The summed E-state index contributed by atoms with van der Waals surface area (Å²) in [5, 5.41) is 2.13. The van der Waals surface area contributed by atoms with E-state index in [-0.39, 0.29) is 11.7 Å². The molecule has 2 aromatic heterocycles. The van der Waals surface area contributed by atoms with Crippen molar-refractivity contribution in [2.75, 3.05) is 19.7 Å².